The second-order valence-corrected chi connectivity index (χ2v) is 6.04. The van der Waals surface area contributed by atoms with E-state index in [1.54, 1.807) is 6.07 Å². The van der Waals surface area contributed by atoms with E-state index in [-0.39, 0.29) is 17.9 Å². The van der Waals surface area contributed by atoms with Crippen LogP contribution in [-0.4, -0.2) is 20.5 Å². The van der Waals surface area contributed by atoms with Gasteiger partial charge in [-0.15, -0.1) is 0 Å². The van der Waals surface area contributed by atoms with E-state index in [1.807, 2.05) is 30.3 Å². The van der Waals surface area contributed by atoms with Gasteiger partial charge in [0.2, 0.25) is 0 Å². The molecular formula is C16H14N4O2S. The number of thiazole rings is 1. The Bertz CT molecular complexity index is 915. The van der Waals surface area contributed by atoms with Gasteiger partial charge in [0.05, 0.1) is 10.6 Å². The number of carbonyl (C=O) groups excluding carboxylic acids is 1. The summed E-state index contributed by atoms with van der Waals surface area (Å²) < 4.78 is 1.16. The number of rotatable bonds is 4. The Morgan fingerprint density at radius 2 is 1.96 bits per heavy atom. The lowest BCUT2D eigenvalue weighted by Crippen LogP contribution is -2.25. The number of nitrogen functional groups attached to an aromatic ring is 1. The molecule has 0 atom stereocenters. The van der Waals surface area contributed by atoms with Gasteiger partial charge in [0.1, 0.15) is 12.2 Å². The second-order valence-electron chi connectivity index (χ2n) is 5.01. The lowest BCUT2D eigenvalue weighted by Gasteiger charge is -2.05. The maximum atomic E-state index is 11.8. The van der Waals surface area contributed by atoms with Crippen LogP contribution in [0, 0.1) is 0 Å². The molecular weight excluding hydrogens is 312 g/mol. The van der Waals surface area contributed by atoms with Gasteiger partial charge in [-0.25, -0.2) is 9.67 Å². The Balaban J connectivity index is 2.13. The topological polar surface area (TPSA) is 90.9 Å². The van der Waals surface area contributed by atoms with Gasteiger partial charge >= 0.3 is 0 Å². The zero-order valence-electron chi connectivity index (χ0n) is 12.4. The molecule has 0 aliphatic heterocycles. The maximum absolute atomic E-state index is 11.8. The van der Waals surface area contributed by atoms with Crippen molar-refractivity contribution in [2.75, 3.05) is 5.73 Å². The number of ketones is 1. The Hall–Kier alpha value is -2.80. The zero-order chi connectivity index (χ0) is 16.4. The van der Waals surface area contributed by atoms with E-state index < -0.39 is 0 Å². The third kappa shape index (κ3) is 3.19. The van der Waals surface area contributed by atoms with Crippen molar-refractivity contribution in [1.29, 1.82) is 0 Å². The van der Waals surface area contributed by atoms with Crippen LogP contribution in [0.2, 0.25) is 0 Å². The number of aromatic nitrogens is 3. The number of nitrogens with two attached hydrogens (primary N) is 1. The number of Topliss-reactive ketones (excluding diaryl/α,β-unsaturated/α-hetero) is 1. The highest BCUT2D eigenvalue weighted by Crippen LogP contribution is 2.36. The molecule has 2 N–H and O–H groups in total. The highest BCUT2D eigenvalue weighted by atomic mass is 32.1. The second kappa shape index (κ2) is 6.13. The smallest absolute Gasteiger partial charge is 0.267 e. The van der Waals surface area contributed by atoms with Crippen LogP contribution in [0.4, 0.5) is 5.13 Å². The van der Waals surface area contributed by atoms with E-state index in [0.29, 0.717) is 16.5 Å². The molecule has 2 heterocycles. The molecule has 3 rings (SSSR count). The molecule has 0 bridgehead atoms. The standard InChI is InChI=1S/C16H14N4O2S/c1-10(21)9-20-13(22)8-7-12(19-20)15-14(18-16(17)23-15)11-5-3-2-4-6-11/h2-8H,9H2,1H3,(H2,17,18). The van der Waals surface area contributed by atoms with Crippen LogP contribution in [0.5, 0.6) is 0 Å². The molecule has 6 nitrogen and oxygen atoms in total. The van der Waals surface area contributed by atoms with Crippen LogP contribution in [0.25, 0.3) is 21.8 Å². The summed E-state index contributed by atoms with van der Waals surface area (Å²) in [5.74, 6) is -0.135. The number of benzene rings is 1. The first-order valence-corrected chi connectivity index (χ1v) is 7.76. The first-order chi connectivity index (χ1) is 11.0. The molecule has 0 aliphatic rings. The van der Waals surface area contributed by atoms with Gasteiger partial charge in [0.25, 0.3) is 5.56 Å². The minimum absolute atomic E-state index is 0.0539. The van der Waals surface area contributed by atoms with E-state index in [9.17, 15) is 9.59 Å². The third-order valence-electron chi connectivity index (χ3n) is 3.16. The number of hydrogen-bond donors (Lipinski definition) is 1. The normalized spacial score (nSPS) is 10.7. The monoisotopic (exact) mass is 326 g/mol. The van der Waals surface area contributed by atoms with Crippen molar-refractivity contribution in [3.8, 4) is 21.8 Å². The maximum Gasteiger partial charge on any atom is 0.267 e. The van der Waals surface area contributed by atoms with Crippen molar-refractivity contribution in [2.24, 2.45) is 0 Å². The highest BCUT2D eigenvalue weighted by molar-refractivity contribution is 7.19. The summed E-state index contributed by atoms with van der Waals surface area (Å²) in [6.45, 7) is 1.36. The molecule has 0 radical (unpaired) electrons. The van der Waals surface area contributed by atoms with Crippen molar-refractivity contribution in [2.45, 2.75) is 13.5 Å². The summed E-state index contributed by atoms with van der Waals surface area (Å²) in [4.78, 5) is 28.2. The van der Waals surface area contributed by atoms with Crippen molar-refractivity contribution < 1.29 is 4.79 Å². The summed E-state index contributed by atoms with van der Waals surface area (Å²) in [5, 5.41) is 4.70. The summed E-state index contributed by atoms with van der Waals surface area (Å²) in [6.07, 6.45) is 0. The van der Waals surface area contributed by atoms with Crippen LogP contribution in [0.15, 0.2) is 47.3 Å². The first kappa shape index (κ1) is 15.1. The van der Waals surface area contributed by atoms with Crippen LogP contribution >= 0.6 is 11.3 Å². The van der Waals surface area contributed by atoms with Gasteiger partial charge in [0, 0.05) is 11.6 Å². The molecule has 1 aromatic carbocycles. The fourth-order valence-corrected chi connectivity index (χ4v) is 3.02. The van der Waals surface area contributed by atoms with Crippen LogP contribution < -0.4 is 11.3 Å². The predicted octanol–water partition coefficient (Wildman–Crippen LogP) is 2.21. The predicted molar refractivity (Wildman–Crippen MR) is 90.1 cm³/mol. The number of carbonyl (C=O) groups is 1. The SMILES string of the molecule is CC(=O)Cn1nc(-c2sc(N)nc2-c2ccccc2)ccc1=O. The average molecular weight is 326 g/mol. The van der Waals surface area contributed by atoms with Crippen LogP contribution in [0.3, 0.4) is 0 Å². The molecule has 0 fully saturated rings. The third-order valence-corrected chi connectivity index (χ3v) is 4.07. The molecule has 0 spiro atoms. The summed E-state index contributed by atoms with van der Waals surface area (Å²) in [6, 6.07) is 12.6. The van der Waals surface area contributed by atoms with Crippen molar-refractivity contribution in [3.05, 3.63) is 52.8 Å². The molecule has 0 saturated carbocycles. The number of hydrogen-bond acceptors (Lipinski definition) is 6. The van der Waals surface area contributed by atoms with Gasteiger partial charge in [-0.3, -0.25) is 9.59 Å². The molecule has 0 amide bonds. The summed E-state index contributed by atoms with van der Waals surface area (Å²) in [7, 11) is 0. The minimum Gasteiger partial charge on any atom is -0.375 e. The molecule has 2 aromatic heterocycles. The van der Waals surface area contributed by atoms with Gasteiger partial charge in [-0.2, -0.15) is 5.10 Å². The van der Waals surface area contributed by atoms with E-state index in [4.69, 9.17) is 5.73 Å². The Kier molecular flexibility index (Phi) is 4.03. The number of nitrogens with zero attached hydrogens (tertiary/aromatic N) is 3. The van der Waals surface area contributed by atoms with Gasteiger partial charge in [0.15, 0.2) is 10.9 Å². The molecule has 0 saturated heterocycles. The Labute approximate surface area is 136 Å². The van der Waals surface area contributed by atoms with Gasteiger partial charge in [-0.1, -0.05) is 41.7 Å². The lowest BCUT2D eigenvalue weighted by atomic mass is 10.1. The average Bonchev–Trinajstić information content (AvgIpc) is 2.92. The van der Waals surface area contributed by atoms with Gasteiger partial charge in [-0.05, 0) is 13.0 Å². The van der Waals surface area contributed by atoms with Crippen molar-refractivity contribution in [3.63, 3.8) is 0 Å². The highest BCUT2D eigenvalue weighted by Gasteiger charge is 2.16. The fraction of sp³-hybridized carbons (Fsp3) is 0.125. The quantitative estimate of drug-likeness (QED) is 0.793. The molecule has 7 heteroatoms. The van der Waals surface area contributed by atoms with Crippen molar-refractivity contribution >= 4 is 22.3 Å². The molecule has 23 heavy (non-hydrogen) atoms. The molecule has 0 aliphatic carbocycles. The largest absolute Gasteiger partial charge is 0.375 e. The van der Waals surface area contributed by atoms with Crippen LogP contribution in [-0.2, 0) is 11.3 Å². The molecule has 116 valence electrons. The zero-order valence-corrected chi connectivity index (χ0v) is 13.2. The van der Waals surface area contributed by atoms with Crippen LogP contribution in [0.1, 0.15) is 6.92 Å². The molecule has 3 aromatic rings. The summed E-state index contributed by atoms with van der Waals surface area (Å²) in [5.41, 5.74) is 7.75. The van der Waals surface area contributed by atoms with E-state index >= 15 is 0 Å². The van der Waals surface area contributed by atoms with E-state index in [1.165, 1.54) is 24.3 Å². The number of anilines is 1. The summed E-state index contributed by atoms with van der Waals surface area (Å²) >= 11 is 1.30. The van der Waals surface area contributed by atoms with Gasteiger partial charge < -0.3 is 5.73 Å². The van der Waals surface area contributed by atoms with E-state index in [0.717, 1.165) is 15.1 Å². The minimum atomic E-state index is -0.317. The van der Waals surface area contributed by atoms with E-state index in [2.05, 4.69) is 10.1 Å². The molecule has 0 unspecified atom stereocenters. The van der Waals surface area contributed by atoms with Crippen molar-refractivity contribution in [1.82, 2.24) is 14.8 Å². The Morgan fingerprint density at radius 1 is 1.22 bits per heavy atom. The lowest BCUT2D eigenvalue weighted by molar-refractivity contribution is -0.117. The Morgan fingerprint density at radius 3 is 2.65 bits per heavy atom. The first-order valence-electron chi connectivity index (χ1n) is 6.94. The fourth-order valence-electron chi connectivity index (χ4n) is 2.20.